The van der Waals surface area contributed by atoms with Crippen LogP contribution >= 0.6 is 0 Å². The number of phenolic OH excluding ortho intramolecular Hbond substituents is 1. The summed E-state index contributed by atoms with van der Waals surface area (Å²) >= 11 is 0. The molecule has 1 heterocycles. The minimum atomic E-state index is -0.809. The van der Waals surface area contributed by atoms with Crippen LogP contribution in [0.2, 0.25) is 0 Å². The highest BCUT2D eigenvalue weighted by atomic mass is 16.5. The average molecular weight is 294 g/mol. The fourth-order valence-electron chi connectivity index (χ4n) is 3.18. The summed E-state index contributed by atoms with van der Waals surface area (Å²) in [5, 5.41) is 9.50. The van der Waals surface area contributed by atoms with Gasteiger partial charge in [0, 0.05) is 5.92 Å². The Morgan fingerprint density at radius 3 is 2.59 bits per heavy atom. The first kappa shape index (κ1) is 14.4. The lowest BCUT2D eigenvalue weighted by atomic mass is 9.66. The van der Waals surface area contributed by atoms with Gasteiger partial charge in [0.2, 0.25) is 0 Å². The third-order valence-electron chi connectivity index (χ3n) is 4.49. The van der Waals surface area contributed by atoms with Gasteiger partial charge >= 0.3 is 5.97 Å². The van der Waals surface area contributed by atoms with E-state index in [9.17, 15) is 9.90 Å². The molecule has 0 radical (unpaired) electrons. The Morgan fingerprint density at radius 2 is 1.91 bits per heavy atom. The first-order chi connectivity index (χ1) is 10.6. The van der Waals surface area contributed by atoms with Crippen molar-refractivity contribution in [3.8, 4) is 11.5 Å². The minimum absolute atomic E-state index is 0.0491. The van der Waals surface area contributed by atoms with Crippen molar-refractivity contribution in [3.05, 3.63) is 72.3 Å². The second kappa shape index (κ2) is 5.34. The number of aromatic hydroxyl groups is 1. The van der Waals surface area contributed by atoms with E-state index in [0.717, 1.165) is 11.1 Å². The van der Waals surface area contributed by atoms with Gasteiger partial charge in [-0.1, -0.05) is 36.4 Å². The van der Waals surface area contributed by atoms with Crippen molar-refractivity contribution in [1.29, 1.82) is 0 Å². The van der Waals surface area contributed by atoms with E-state index in [-0.39, 0.29) is 17.6 Å². The Balaban J connectivity index is 2.18. The SMILES string of the molecule is C=CCC1c2ccccc2OC(=O)C1(C)c1ccc(O)cc1. The number of carbonyl (C=O) groups is 1. The van der Waals surface area contributed by atoms with Crippen LogP contribution in [0.15, 0.2) is 61.2 Å². The molecule has 2 atom stereocenters. The monoisotopic (exact) mass is 294 g/mol. The zero-order valence-corrected chi connectivity index (χ0v) is 12.5. The molecule has 3 nitrogen and oxygen atoms in total. The fraction of sp³-hybridized carbons (Fsp3) is 0.211. The van der Waals surface area contributed by atoms with Crippen LogP contribution < -0.4 is 4.74 Å². The molecule has 0 saturated carbocycles. The van der Waals surface area contributed by atoms with Gasteiger partial charge in [0.25, 0.3) is 0 Å². The van der Waals surface area contributed by atoms with Crippen molar-refractivity contribution >= 4 is 5.97 Å². The predicted octanol–water partition coefficient (Wildman–Crippen LogP) is 3.93. The average Bonchev–Trinajstić information content (AvgIpc) is 2.52. The molecule has 3 rings (SSSR count). The number of phenols is 1. The van der Waals surface area contributed by atoms with Crippen LogP contribution in [0, 0.1) is 0 Å². The molecule has 0 aromatic heterocycles. The van der Waals surface area contributed by atoms with Crippen LogP contribution in [-0.4, -0.2) is 11.1 Å². The quantitative estimate of drug-likeness (QED) is 0.530. The van der Waals surface area contributed by atoms with Gasteiger partial charge in [-0.05, 0) is 42.7 Å². The normalized spacial score (nSPS) is 23.5. The number of fused-ring (bicyclic) bond motifs is 1. The Morgan fingerprint density at radius 1 is 1.23 bits per heavy atom. The van der Waals surface area contributed by atoms with Gasteiger partial charge in [0.05, 0.1) is 5.41 Å². The van der Waals surface area contributed by atoms with Gasteiger partial charge in [0.15, 0.2) is 0 Å². The molecule has 1 aliphatic rings. The largest absolute Gasteiger partial charge is 0.508 e. The number of hydrogen-bond donors (Lipinski definition) is 1. The molecule has 2 unspecified atom stereocenters. The Hall–Kier alpha value is -2.55. The molecule has 1 aliphatic heterocycles. The van der Waals surface area contributed by atoms with Crippen LogP contribution in [0.4, 0.5) is 0 Å². The van der Waals surface area contributed by atoms with Gasteiger partial charge < -0.3 is 9.84 Å². The van der Waals surface area contributed by atoms with Crippen LogP contribution in [-0.2, 0) is 10.2 Å². The number of allylic oxidation sites excluding steroid dienone is 1. The number of benzene rings is 2. The Labute approximate surface area is 129 Å². The molecule has 3 heteroatoms. The number of para-hydroxylation sites is 1. The van der Waals surface area contributed by atoms with E-state index in [1.807, 2.05) is 37.3 Å². The summed E-state index contributed by atoms with van der Waals surface area (Å²) < 4.78 is 5.57. The molecular weight excluding hydrogens is 276 g/mol. The Kier molecular flexibility index (Phi) is 3.49. The second-order valence-corrected chi connectivity index (χ2v) is 5.75. The first-order valence-electron chi connectivity index (χ1n) is 7.29. The van der Waals surface area contributed by atoms with E-state index < -0.39 is 5.41 Å². The van der Waals surface area contributed by atoms with Gasteiger partial charge in [-0.3, -0.25) is 4.79 Å². The van der Waals surface area contributed by atoms with Crippen molar-refractivity contribution in [2.75, 3.05) is 0 Å². The third kappa shape index (κ3) is 2.10. The maximum absolute atomic E-state index is 12.7. The summed E-state index contributed by atoms with van der Waals surface area (Å²) in [7, 11) is 0. The molecule has 2 aromatic rings. The van der Waals surface area contributed by atoms with Gasteiger partial charge in [-0.15, -0.1) is 6.58 Å². The van der Waals surface area contributed by atoms with Crippen molar-refractivity contribution in [2.24, 2.45) is 0 Å². The van der Waals surface area contributed by atoms with Crippen LogP contribution in [0.3, 0.4) is 0 Å². The molecule has 1 N–H and O–H groups in total. The summed E-state index contributed by atoms with van der Waals surface area (Å²) in [6.45, 7) is 5.73. The summed E-state index contributed by atoms with van der Waals surface area (Å²) in [6.07, 6.45) is 2.50. The summed E-state index contributed by atoms with van der Waals surface area (Å²) in [5.74, 6) is 0.475. The standard InChI is InChI=1S/C19H18O3/c1-3-6-16-15-7-4-5-8-17(15)22-18(21)19(16,2)13-9-11-14(20)12-10-13/h3-5,7-12,16,20H,1,6H2,2H3. The van der Waals surface area contributed by atoms with Gasteiger partial charge in [-0.25, -0.2) is 0 Å². The smallest absolute Gasteiger partial charge is 0.322 e. The molecule has 22 heavy (non-hydrogen) atoms. The molecule has 0 aliphatic carbocycles. The summed E-state index contributed by atoms with van der Waals surface area (Å²) in [4.78, 5) is 12.7. The highest BCUT2D eigenvalue weighted by Gasteiger charge is 2.48. The molecule has 0 bridgehead atoms. The highest BCUT2D eigenvalue weighted by Crippen LogP contribution is 2.49. The molecular formula is C19H18O3. The zero-order chi connectivity index (χ0) is 15.7. The van der Waals surface area contributed by atoms with E-state index in [4.69, 9.17) is 4.74 Å². The second-order valence-electron chi connectivity index (χ2n) is 5.75. The van der Waals surface area contributed by atoms with Crippen molar-refractivity contribution < 1.29 is 14.6 Å². The van der Waals surface area contributed by atoms with Crippen molar-refractivity contribution in [3.63, 3.8) is 0 Å². The van der Waals surface area contributed by atoms with Crippen molar-refractivity contribution in [2.45, 2.75) is 24.7 Å². The van der Waals surface area contributed by atoms with E-state index in [1.54, 1.807) is 24.3 Å². The zero-order valence-electron chi connectivity index (χ0n) is 12.5. The van der Waals surface area contributed by atoms with E-state index in [2.05, 4.69) is 6.58 Å². The number of esters is 1. The van der Waals surface area contributed by atoms with Crippen LogP contribution in [0.1, 0.15) is 30.4 Å². The predicted molar refractivity (Wildman–Crippen MR) is 85.1 cm³/mol. The molecule has 0 amide bonds. The topological polar surface area (TPSA) is 46.5 Å². The highest BCUT2D eigenvalue weighted by molar-refractivity contribution is 5.88. The maximum Gasteiger partial charge on any atom is 0.322 e. The summed E-state index contributed by atoms with van der Waals surface area (Å²) in [5.41, 5.74) is 1.03. The molecule has 0 spiro atoms. The lowest BCUT2D eigenvalue weighted by molar-refractivity contribution is -0.143. The minimum Gasteiger partial charge on any atom is -0.508 e. The lowest BCUT2D eigenvalue weighted by Crippen LogP contribution is -2.45. The number of hydrogen-bond acceptors (Lipinski definition) is 3. The third-order valence-corrected chi connectivity index (χ3v) is 4.49. The van der Waals surface area contributed by atoms with E-state index in [1.165, 1.54) is 0 Å². The molecule has 0 fully saturated rings. The molecule has 112 valence electrons. The van der Waals surface area contributed by atoms with Crippen LogP contribution in [0.25, 0.3) is 0 Å². The molecule has 0 saturated heterocycles. The number of rotatable bonds is 3. The van der Waals surface area contributed by atoms with Gasteiger partial charge in [0.1, 0.15) is 11.5 Å². The van der Waals surface area contributed by atoms with Gasteiger partial charge in [-0.2, -0.15) is 0 Å². The fourth-order valence-corrected chi connectivity index (χ4v) is 3.18. The van der Waals surface area contributed by atoms with E-state index in [0.29, 0.717) is 12.2 Å². The summed E-state index contributed by atoms with van der Waals surface area (Å²) in [6, 6.07) is 14.4. The van der Waals surface area contributed by atoms with Crippen molar-refractivity contribution in [1.82, 2.24) is 0 Å². The number of carbonyl (C=O) groups excluding carboxylic acids is 1. The molecule has 2 aromatic carbocycles. The van der Waals surface area contributed by atoms with E-state index >= 15 is 0 Å². The Bertz CT molecular complexity index is 718. The first-order valence-corrected chi connectivity index (χ1v) is 7.29. The number of ether oxygens (including phenoxy) is 1. The maximum atomic E-state index is 12.7. The lowest BCUT2D eigenvalue weighted by Gasteiger charge is -2.40. The van der Waals surface area contributed by atoms with Crippen LogP contribution in [0.5, 0.6) is 11.5 Å².